The highest BCUT2D eigenvalue weighted by atomic mass is 79.9. The Bertz CT molecular complexity index is 645. The highest BCUT2D eigenvalue weighted by Crippen LogP contribution is 2.29. The van der Waals surface area contributed by atoms with Crippen molar-refractivity contribution >= 4 is 43.5 Å². The minimum Gasteiger partial charge on any atom is -0.469 e. The fourth-order valence-corrected chi connectivity index (χ4v) is 4.61. The van der Waals surface area contributed by atoms with E-state index in [9.17, 15) is 13.2 Å². The third-order valence-corrected chi connectivity index (χ3v) is 6.14. The Morgan fingerprint density at radius 3 is 2.67 bits per heavy atom. The molecule has 0 bridgehead atoms. The summed E-state index contributed by atoms with van der Waals surface area (Å²) in [7, 11) is -2.38. The summed E-state index contributed by atoms with van der Waals surface area (Å²) in [6.45, 7) is 0.510. The lowest BCUT2D eigenvalue weighted by Gasteiger charge is -2.29. The van der Waals surface area contributed by atoms with Crippen LogP contribution < -0.4 is 0 Å². The number of ether oxygens (including phenoxy) is 1. The lowest BCUT2D eigenvalue weighted by Crippen LogP contribution is -2.40. The van der Waals surface area contributed by atoms with Gasteiger partial charge in [0.15, 0.2) is 0 Å². The van der Waals surface area contributed by atoms with Crippen molar-refractivity contribution < 1.29 is 17.9 Å². The lowest BCUT2D eigenvalue weighted by molar-refractivity contribution is -0.146. The molecule has 0 saturated carbocycles. The lowest BCUT2D eigenvalue weighted by atomic mass is 9.99. The molecular formula is C12H14BrClN2O4S. The number of carbonyl (C=O) groups excluding carboxylic acids is 1. The van der Waals surface area contributed by atoms with Gasteiger partial charge in [-0.05, 0) is 34.8 Å². The summed E-state index contributed by atoms with van der Waals surface area (Å²) in [6, 6.07) is 1.43. The van der Waals surface area contributed by atoms with E-state index < -0.39 is 10.0 Å². The molecule has 0 aromatic carbocycles. The van der Waals surface area contributed by atoms with Crippen LogP contribution in [0.25, 0.3) is 0 Å². The van der Waals surface area contributed by atoms with Gasteiger partial charge in [-0.2, -0.15) is 4.31 Å². The van der Waals surface area contributed by atoms with Gasteiger partial charge in [0.1, 0.15) is 10.0 Å². The zero-order valence-corrected chi connectivity index (χ0v) is 14.4. The number of esters is 1. The SMILES string of the molecule is COC(=O)C1CCN(S(=O)(=O)c2cc(Br)cnc2Cl)CC1. The topological polar surface area (TPSA) is 76.6 Å². The van der Waals surface area contributed by atoms with E-state index in [1.807, 2.05) is 0 Å². The molecule has 0 atom stereocenters. The first-order valence-electron chi connectivity index (χ1n) is 6.25. The van der Waals surface area contributed by atoms with E-state index in [4.69, 9.17) is 11.6 Å². The standard InChI is InChI=1S/C12H14BrClN2O4S/c1-20-12(17)8-2-4-16(5-3-8)21(18,19)10-6-9(13)7-15-11(10)14/h6-8H,2-5H2,1H3. The molecular weight excluding hydrogens is 384 g/mol. The van der Waals surface area contributed by atoms with Gasteiger partial charge >= 0.3 is 5.97 Å². The number of sulfonamides is 1. The highest BCUT2D eigenvalue weighted by Gasteiger charge is 2.33. The van der Waals surface area contributed by atoms with E-state index in [-0.39, 0.29) is 35.0 Å². The summed E-state index contributed by atoms with van der Waals surface area (Å²) in [5, 5.41) is -0.0618. The number of halogens is 2. The minimum atomic E-state index is -3.71. The van der Waals surface area contributed by atoms with E-state index in [0.29, 0.717) is 17.3 Å². The number of aromatic nitrogens is 1. The van der Waals surface area contributed by atoms with Gasteiger partial charge < -0.3 is 4.74 Å². The Morgan fingerprint density at radius 2 is 2.10 bits per heavy atom. The maximum Gasteiger partial charge on any atom is 0.308 e. The van der Waals surface area contributed by atoms with Crippen LogP contribution in [0, 0.1) is 5.92 Å². The quantitative estimate of drug-likeness (QED) is 0.576. The van der Waals surface area contributed by atoms with Crippen LogP contribution >= 0.6 is 27.5 Å². The maximum absolute atomic E-state index is 12.6. The molecule has 21 heavy (non-hydrogen) atoms. The molecule has 1 fully saturated rings. The minimum absolute atomic E-state index is 0.0324. The Labute approximate surface area is 136 Å². The monoisotopic (exact) mass is 396 g/mol. The Kier molecular flexibility index (Phi) is 5.24. The molecule has 0 aliphatic carbocycles. The second-order valence-corrected chi connectivity index (χ2v) is 7.82. The first-order valence-corrected chi connectivity index (χ1v) is 8.86. The molecule has 9 heteroatoms. The number of nitrogens with zero attached hydrogens (tertiary/aromatic N) is 2. The zero-order chi connectivity index (χ0) is 15.6. The van der Waals surface area contributed by atoms with E-state index in [1.54, 1.807) is 0 Å². The first-order chi connectivity index (χ1) is 9.86. The van der Waals surface area contributed by atoms with Gasteiger partial charge in [-0.3, -0.25) is 4.79 Å². The fourth-order valence-electron chi connectivity index (χ4n) is 2.22. The van der Waals surface area contributed by atoms with Crippen LogP contribution in [0.2, 0.25) is 5.15 Å². The molecule has 0 amide bonds. The van der Waals surface area contributed by atoms with Crippen LogP contribution in [-0.4, -0.2) is 43.9 Å². The molecule has 0 unspecified atom stereocenters. The van der Waals surface area contributed by atoms with Crippen molar-refractivity contribution in [3.8, 4) is 0 Å². The fraction of sp³-hybridized carbons (Fsp3) is 0.500. The van der Waals surface area contributed by atoms with E-state index >= 15 is 0 Å². The molecule has 6 nitrogen and oxygen atoms in total. The Hall–Kier alpha value is -0.700. The summed E-state index contributed by atoms with van der Waals surface area (Å²) < 4.78 is 31.7. The molecule has 1 aliphatic heterocycles. The van der Waals surface area contributed by atoms with Crippen molar-refractivity contribution in [1.82, 2.24) is 9.29 Å². The number of carbonyl (C=O) groups is 1. The van der Waals surface area contributed by atoms with Gasteiger partial charge in [0, 0.05) is 23.8 Å². The van der Waals surface area contributed by atoms with E-state index in [0.717, 1.165) is 0 Å². The van der Waals surface area contributed by atoms with Crippen molar-refractivity contribution in [1.29, 1.82) is 0 Å². The second-order valence-electron chi connectivity index (χ2n) is 4.64. The third kappa shape index (κ3) is 3.56. The summed E-state index contributed by atoms with van der Waals surface area (Å²) in [4.78, 5) is 15.3. The molecule has 2 rings (SSSR count). The van der Waals surface area contributed by atoms with E-state index in [2.05, 4.69) is 25.7 Å². The Balaban J connectivity index is 2.19. The normalized spacial score (nSPS) is 17.7. The first kappa shape index (κ1) is 16.7. The Morgan fingerprint density at radius 1 is 1.48 bits per heavy atom. The van der Waals surface area contributed by atoms with Crippen LogP contribution in [-0.2, 0) is 19.6 Å². The summed E-state index contributed by atoms with van der Waals surface area (Å²) in [6.07, 6.45) is 2.31. The van der Waals surface area contributed by atoms with Crippen LogP contribution in [0.3, 0.4) is 0 Å². The molecule has 0 radical (unpaired) electrons. The molecule has 1 aliphatic rings. The van der Waals surface area contributed by atoms with Gasteiger partial charge in [0.25, 0.3) is 0 Å². The smallest absolute Gasteiger partial charge is 0.308 e. The molecule has 0 spiro atoms. The number of hydrogen-bond acceptors (Lipinski definition) is 5. The number of piperidine rings is 1. The van der Waals surface area contributed by atoms with Gasteiger partial charge in [-0.15, -0.1) is 0 Å². The van der Waals surface area contributed by atoms with E-state index in [1.165, 1.54) is 23.7 Å². The number of hydrogen-bond donors (Lipinski definition) is 0. The van der Waals surface area contributed by atoms with Crippen molar-refractivity contribution in [2.45, 2.75) is 17.7 Å². The van der Waals surface area contributed by atoms with Gasteiger partial charge in [-0.25, -0.2) is 13.4 Å². The summed E-state index contributed by atoms with van der Waals surface area (Å²) >= 11 is 9.08. The van der Waals surface area contributed by atoms with Crippen molar-refractivity contribution in [3.05, 3.63) is 21.9 Å². The largest absolute Gasteiger partial charge is 0.469 e. The number of rotatable bonds is 3. The summed E-state index contributed by atoms with van der Waals surface area (Å²) in [5.41, 5.74) is 0. The molecule has 1 saturated heterocycles. The molecule has 116 valence electrons. The van der Waals surface area contributed by atoms with Crippen LogP contribution in [0.4, 0.5) is 0 Å². The van der Waals surface area contributed by atoms with Crippen LogP contribution in [0.15, 0.2) is 21.6 Å². The zero-order valence-electron chi connectivity index (χ0n) is 11.3. The predicted octanol–water partition coefficient (Wildman–Crippen LogP) is 2.07. The highest BCUT2D eigenvalue weighted by molar-refractivity contribution is 9.10. The molecule has 0 N–H and O–H groups in total. The summed E-state index contributed by atoms with van der Waals surface area (Å²) in [5.74, 6) is -0.549. The average Bonchev–Trinajstić information content (AvgIpc) is 2.49. The number of pyridine rings is 1. The van der Waals surface area contributed by atoms with Gasteiger partial charge in [-0.1, -0.05) is 11.6 Å². The van der Waals surface area contributed by atoms with Crippen molar-refractivity contribution in [3.63, 3.8) is 0 Å². The van der Waals surface area contributed by atoms with Crippen molar-refractivity contribution in [2.24, 2.45) is 5.92 Å². The average molecular weight is 398 g/mol. The number of methoxy groups -OCH3 is 1. The van der Waals surface area contributed by atoms with Gasteiger partial charge in [0.05, 0.1) is 13.0 Å². The molecule has 2 heterocycles. The van der Waals surface area contributed by atoms with Crippen LogP contribution in [0.5, 0.6) is 0 Å². The van der Waals surface area contributed by atoms with Crippen LogP contribution in [0.1, 0.15) is 12.8 Å². The molecule has 1 aromatic heterocycles. The maximum atomic E-state index is 12.6. The third-order valence-electron chi connectivity index (χ3n) is 3.38. The second kappa shape index (κ2) is 6.60. The van der Waals surface area contributed by atoms with Crippen molar-refractivity contribution in [2.75, 3.05) is 20.2 Å². The predicted molar refractivity (Wildman–Crippen MR) is 80.4 cm³/mol. The molecule has 1 aromatic rings. The van der Waals surface area contributed by atoms with Gasteiger partial charge in [0.2, 0.25) is 10.0 Å².